The highest BCUT2D eigenvalue weighted by atomic mass is 32.1. The van der Waals surface area contributed by atoms with Gasteiger partial charge in [0.25, 0.3) is 0 Å². The van der Waals surface area contributed by atoms with E-state index in [0.717, 1.165) is 5.57 Å². The zero-order valence-corrected chi connectivity index (χ0v) is 20.6. The highest BCUT2D eigenvalue weighted by Gasteiger charge is 2.37. The van der Waals surface area contributed by atoms with Crippen LogP contribution < -0.4 is 10.5 Å². The smallest absolute Gasteiger partial charge is 0.344 e. The number of esters is 1. The number of hydrogen-bond acceptors (Lipinski definition) is 8. The van der Waals surface area contributed by atoms with Gasteiger partial charge in [0, 0.05) is 24.4 Å². The maximum Gasteiger partial charge on any atom is 0.344 e. The molecule has 0 saturated carbocycles. The Kier molecular flexibility index (Phi) is 7.45. The summed E-state index contributed by atoms with van der Waals surface area (Å²) in [6.07, 6.45) is 5.30. The van der Waals surface area contributed by atoms with Gasteiger partial charge in [0.05, 0.1) is 35.5 Å². The first-order valence-electron chi connectivity index (χ1n) is 11.1. The number of carbonyl (C=O) groups excluding carboxylic acids is 3. The summed E-state index contributed by atoms with van der Waals surface area (Å²) in [5.74, 6) is -1.81. The first-order valence-corrected chi connectivity index (χ1v) is 11.5. The van der Waals surface area contributed by atoms with Gasteiger partial charge in [-0.25, -0.2) is 4.79 Å². The van der Waals surface area contributed by atoms with Crippen molar-refractivity contribution in [2.45, 2.75) is 33.1 Å². The van der Waals surface area contributed by atoms with Crippen molar-refractivity contribution in [3.63, 3.8) is 0 Å². The maximum atomic E-state index is 13.1. The number of fused-ring (bicyclic) bond motifs is 1. The topological polar surface area (TPSA) is 119 Å². The number of thiocarbonyl (C=S) groups is 1. The Morgan fingerprint density at radius 2 is 2.00 bits per heavy atom. The van der Waals surface area contributed by atoms with Gasteiger partial charge < -0.3 is 25.2 Å². The lowest BCUT2D eigenvalue weighted by molar-refractivity contribution is -0.145. The number of Topliss-reactive ketones (excluding diaryl/α,β-unsaturated/α-hetero) is 2. The third-order valence-corrected chi connectivity index (χ3v) is 6.05. The van der Waals surface area contributed by atoms with E-state index in [1.807, 2.05) is 26.8 Å². The quantitative estimate of drug-likeness (QED) is 0.325. The first-order chi connectivity index (χ1) is 15.9. The van der Waals surface area contributed by atoms with Crippen molar-refractivity contribution in [2.24, 2.45) is 17.6 Å². The van der Waals surface area contributed by atoms with Gasteiger partial charge in [0.1, 0.15) is 11.5 Å². The summed E-state index contributed by atoms with van der Waals surface area (Å²) < 4.78 is 10.5. The number of phenols is 1. The van der Waals surface area contributed by atoms with Crippen LogP contribution >= 0.6 is 12.2 Å². The van der Waals surface area contributed by atoms with Crippen molar-refractivity contribution in [1.29, 1.82) is 0 Å². The Morgan fingerprint density at radius 3 is 2.62 bits per heavy atom. The Bertz CT molecular complexity index is 1090. The van der Waals surface area contributed by atoms with Gasteiger partial charge in [-0.3, -0.25) is 9.59 Å². The summed E-state index contributed by atoms with van der Waals surface area (Å²) in [6.45, 7) is 7.79. The van der Waals surface area contributed by atoms with Gasteiger partial charge in [-0.2, -0.15) is 0 Å². The van der Waals surface area contributed by atoms with E-state index >= 15 is 0 Å². The van der Waals surface area contributed by atoms with Crippen LogP contribution in [0.15, 0.2) is 36.1 Å². The van der Waals surface area contributed by atoms with E-state index in [4.69, 9.17) is 27.4 Å². The molecule has 1 aliphatic carbocycles. The Balaban J connectivity index is 1.78. The van der Waals surface area contributed by atoms with Crippen molar-refractivity contribution >= 4 is 34.7 Å². The minimum Gasteiger partial charge on any atom is -0.507 e. The van der Waals surface area contributed by atoms with Crippen LogP contribution in [0.1, 0.15) is 43.6 Å². The number of nitrogens with zero attached hydrogens (tertiary/aromatic N) is 1. The molecule has 0 radical (unpaired) electrons. The van der Waals surface area contributed by atoms with E-state index in [0.29, 0.717) is 17.9 Å². The molecule has 1 heterocycles. The van der Waals surface area contributed by atoms with E-state index in [1.54, 1.807) is 30.2 Å². The molecular weight excluding hydrogens is 456 g/mol. The predicted octanol–water partition coefficient (Wildman–Crippen LogP) is 2.67. The van der Waals surface area contributed by atoms with Crippen LogP contribution in [0, 0.1) is 11.8 Å². The van der Waals surface area contributed by atoms with E-state index < -0.39 is 17.3 Å². The molecule has 2 aliphatic rings. The molecule has 3 N–H and O–H groups in total. The molecule has 34 heavy (non-hydrogen) atoms. The standard InChI is InChI=1S/C25H30N2O6S/c1-5-32-22(30)13-33-21-9-19(28)16(8-18(21)25(2,3)4)20(29)12-27-10-14-6-7-15(24(26)34)23(31)17(14)11-27/h6-10,15,17,28H,5,11-13H2,1-4H3,(H2,26,34). The minimum atomic E-state index is -0.589. The molecule has 2 atom stereocenters. The second-order valence-electron chi connectivity index (χ2n) is 9.39. The lowest BCUT2D eigenvalue weighted by Crippen LogP contribution is -2.37. The fraction of sp³-hybridized carbons (Fsp3) is 0.440. The van der Waals surface area contributed by atoms with Crippen LogP contribution in [-0.4, -0.2) is 58.8 Å². The van der Waals surface area contributed by atoms with Gasteiger partial charge >= 0.3 is 5.97 Å². The van der Waals surface area contributed by atoms with Crippen LogP contribution in [0.4, 0.5) is 0 Å². The highest BCUT2D eigenvalue weighted by molar-refractivity contribution is 7.80. The fourth-order valence-electron chi connectivity index (χ4n) is 4.08. The largest absolute Gasteiger partial charge is 0.507 e. The maximum absolute atomic E-state index is 13.1. The summed E-state index contributed by atoms with van der Waals surface area (Å²) in [6, 6.07) is 2.96. The van der Waals surface area contributed by atoms with Gasteiger partial charge in [0.15, 0.2) is 18.2 Å². The van der Waals surface area contributed by atoms with Gasteiger partial charge in [0.2, 0.25) is 0 Å². The number of aromatic hydroxyl groups is 1. The van der Waals surface area contributed by atoms with Crippen LogP contribution in [-0.2, 0) is 19.7 Å². The number of ether oxygens (including phenoxy) is 2. The first kappa shape index (κ1) is 25.4. The summed E-state index contributed by atoms with van der Waals surface area (Å²) in [4.78, 5) is 39.4. The number of nitrogens with two attached hydrogens (primary N) is 1. The molecule has 0 saturated heterocycles. The van der Waals surface area contributed by atoms with Crippen molar-refractivity contribution < 1.29 is 29.0 Å². The van der Waals surface area contributed by atoms with E-state index in [1.165, 1.54) is 6.07 Å². The summed E-state index contributed by atoms with van der Waals surface area (Å²) in [7, 11) is 0. The van der Waals surface area contributed by atoms with E-state index in [9.17, 15) is 19.5 Å². The number of allylic oxidation sites excluding steroid dienone is 1. The molecule has 1 aliphatic heterocycles. The number of rotatable bonds is 8. The molecule has 3 rings (SSSR count). The summed E-state index contributed by atoms with van der Waals surface area (Å²) in [5, 5.41) is 10.6. The lowest BCUT2D eigenvalue weighted by Gasteiger charge is -2.25. The molecule has 1 aromatic rings. The second-order valence-corrected chi connectivity index (χ2v) is 9.86. The molecule has 0 bridgehead atoms. The molecule has 8 nitrogen and oxygen atoms in total. The second kappa shape index (κ2) is 9.97. The number of phenolic OH excluding ortho intramolecular Hbond substituents is 1. The molecule has 0 spiro atoms. The van der Waals surface area contributed by atoms with Crippen molar-refractivity contribution in [1.82, 2.24) is 4.90 Å². The van der Waals surface area contributed by atoms with Gasteiger partial charge in [-0.15, -0.1) is 0 Å². The molecule has 0 aromatic heterocycles. The lowest BCUT2D eigenvalue weighted by atomic mass is 9.83. The van der Waals surface area contributed by atoms with Crippen molar-refractivity contribution in [3.8, 4) is 11.5 Å². The number of carbonyl (C=O) groups is 3. The Hall–Kier alpha value is -3.20. The number of hydrogen-bond donors (Lipinski definition) is 2. The van der Waals surface area contributed by atoms with Crippen molar-refractivity contribution in [2.75, 3.05) is 26.3 Å². The predicted molar refractivity (Wildman–Crippen MR) is 131 cm³/mol. The fourth-order valence-corrected chi connectivity index (χ4v) is 4.27. The average molecular weight is 487 g/mol. The molecule has 182 valence electrons. The monoisotopic (exact) mass is 486 g/mol. The third kappa shape index (κ3) is 5.47. The van der Waals surface area contributed by atoms with E-state index in [-0.39, 0.29) is 53.5 Å². The number of ketones is 2. The van der Waals surface area contributed by atoms with Crippen LogP contribution in [0.5, 0.6) is 11.5 Å². The van der Waals surface area contributed by atoms with Crippen molar-refractivity contribution in [3.05, 3.63) is 47.2 Å². The zero-order valence-electron chi connectivity index (χ0n) is 19.8. The zero-order chi connectivity index (χ0) is 25.2. The molecular formula is C25H30N2O6S. The highest BCUT2D eigenvalue weighted by Crippen LogP contribution is 2.37. The number of benzene rings is 1. The molecule has 0 fully saturated rings. The van der Waals surface area contributed by atoms with Gasteiger partial charge in [-0.05, 0) is 24.0 Å². The molecule has 0 amide bonds. The Morgan fingerprint density at radius 1 is 1.29 bits per heavy atom. The molecule has 1 aromatic carbocycles. The SMILES string of the molecule is CCOC(=O)COc1cc(O)c(C(=O)CN2C=C3C=CC(C(N)=S)C(=O)C3C2)cc1C(C)(C)C. The van der Waals surface area contributed by atoms with Crippen LogP contribution in [0.3, 0.4) is 0 Å². The minimum absolute atomic E-state index is 0.0149. The van der Waals surface area contributed by atoms with Gasteiger partial charge in [-0.1, -0.05) is 45.1 Å². The summed E-state index contributed by atoms with van der Waals surface area (Å²) >= 11 is 4.98. The van der Waals surface area contributed by atoms with Crippen LogP contribution in [0.2, 0.25) is 0 Å². The normalized spacial score (nSPS) is 19.5. The van der Waals surface area contributed by atoms with Crippen LogP contribution in [0.25, 0.3) is 0 Å². The molecule has 9 heteroatoms. The summed E-state index contributed by atoms with van der Waals surface area (Å²) in [5.41, 5.74) is 6.87. The Labute approximate surface area is 204 Å². The third-order valence-electron chi connectivity index (χ3n) is 5.79. The molecule has 2 unspecified atom stereocenters. The average Bonchev–Trinajstić information content (AvgIpc) is 3.14. The van der Waals surface area contributed by atoms with E-state index in [2.05, 4.69) is 0 Å².